The molecule has 0 radical (unpaired) electrons. The molecule has 0 aliphatic heterocycles. The van der Waals surface area contributed by atoms with Crippen molar-refractivity contribution in [1.82, 2.24) is 10.6 Å². The van der Waals surface area contributed by atoms with E-state index < -0.39 is 6.10 Å². The third kappa shape index (κ3) is 5.19. The number of carbonyl (C=O) groups is 1. The summed E-state index contributed by atoms with van der Waals surface area (Å²) in [6.07, 6.45) is -0.458. The van der Waals surface area contributed by atoms with Gasteiger partial charge >= 0.3 is 0 Å². The normalized spacial score (nSPS) is 15.3. The minimum Gasteiger partial charge on any atom is -0.391 e. The predicted octanol–water partition coefficient (Wildman–Crippen LogP) is -0.0250. The number of amides is 1. The molecule has 0 aliphatic carbocycles. The fourth-order valence-electron chi connectivity index (χ4n) is 1.01. The van der Waals surface area contributed by atoms with Gasteiger partial charge in [0.1, 0.15) is 0 Å². The lowest BCUT2D eigenvalue weighted by Gasteiger charge is -2.17. The van der Waals surface area contributed by atoms with Crippen LogP contribution in [0.4, 0.5) is 0 Å². The van der Waals surface area contributed by atoms with E-state index in [1.165, 1.54) is 0 Å². The van der Waals surface area contributed by atoms with Gasteiger partial charge in [-0.2, -0.15) is 0 Å². The van der Waals surface area contributed by atoms with Crippen molar-refractivity contribution in [1.29, 1.82) is 0 Å². The highest BCUT2D eigenvalue weighted by Gasteiger charge is 2.14. The Morgan fingerprint density at radius 1 is 1.29 bits per heavy atom. The van der Waals surface area contributed by atoms with Crippen LogP contribution < -0.4 is 10.6 Å². The lowest BCUT2D eigenvalue weighted by molar-refractivity contribution is -0.124. The molecule has 14 heavy (non-hydrogen) atoms. The van der Waals surface area contributed by atoms with E-state index in [-0.39, 0.29) is 17.7 Å². The van der Waals surface area contributed by atoms with Crippen molar-refractivity contribution in [2.45, 2.75) is 26.9 Å². The first kappa shape index (κ1) is 13.4. The molecule has 0 spiro atoms. The van der Waals surface area contributed by atoms with Crippen LogP contribution in [0.15, 0.2) is 0 Å². The van der Waals surface area contributed by atoms with Crippen LogP contribution in [0.5, 0.6) is 0 Å². The second-order valence-corrected chi connectivity index (χ2v) is 4.02. The first-order valence-corrected chi connectivity index (χ1v) is 5.09. The van der Waals surface area contributed by atoms with Gasteiger partial charge in [0.15, 0.2) is 0 Å². The molecule has 3 N–H and O–H groups in total. The van der Waals surface area contributed by atoms with Crippen molar-refractivity contribution in [2.24, 2.45) is 11.8 Å². The molecular formula is C10H22N2O2. The Labute approximate surface area is 86.1 Å². The Balaban J connectivity index is 3.73. The molecule has 4 heteroatoms. The van der Waals surface area contributed by atoms with E-state index >= 15 is 0 Å². The average Bonchev–Trinajstić information content (AvgIpc) is 2.13. The number of aliphatic hydroxyl groups is 1. The summed E-state index contributed by atoms with van der Waals surface area (Å²) in [5, 5.41) is 15.1. The molecule has 2 atom stereocenters. The Morgan fingerprint density at radius 3 is 2.29 bits per heavy atom. The van der Waals surface area contributed by atoms with Gasteiger partial charge in [0.2, 0.25) is 5.91 Å². The fourth-order valence-corrected chi connectivity index (χ4v) is 1.01. The van der Waals surface area contributed by atoms with Gasteiger partial charge in [-0.25, -0.2) is 0 Å². The van der Waals surface area contributed by atoms with Gasteiger partial charge in [-0.05, 0) is 13.0 Å². The van der Waals surface area contributed by atoms with Crippen molar-refractivity contribution in [3.05, 3.63) is 0 Å². The highest BCUT2D eigenvalue weighted by molar-refractivity contribution is 5.78. The number of rotatable bonds is 6. The van der Waals surface area contributed by atoms with Gasteiger partial charge in [-0.15, -0.1) is 0 Å². The Morgan fingerprint density at radius 2 is 1.86 bits per heavy atom. The third-order valence-corrected chi connectivity index (χ3v) is 2.21. The number of carbonyl (C=O) groups excluding carboxylic acids is 1. The zero-order valence-electron chi connectivity index (χ0n) is 9.50. The maximum absolute atomic E-state index is 11.4. The standard InChI is InChI=1S/C10H22N2O2/c1-7(2)9(13)6-12-10(14)8(3)5-11-4/h7-9,11,13H,5-6H2,1-4H3,(H,12,14). The summed E-state index contributed by atoms with van der Waals surface area (Å²) in [4.78, 5) is 11.4. The second-order valence-electron chi connectivity index (χ2n) is 4.02. The lowest BCUT2D eigenvalue weighted by Crippen LogP contribution is -2.39. The molecule has 0 aromatic carbocycles. The van der Waals surface area contributed by atoms with E-state index in [4.69, 9.17) is 0 Å². The zero-order valence-corrected chi connectivity index (χ0v) is 9.50. The molecule has 1 amide bonds. The highest BCUT2D eigenvalue weighted by atomic mass is 16.3. The summed E-state index contributed by atoms with van der Waals surface area (Å²) in [5.41, 5.74) is 0. The molecule has 4 nitrogen and oxygen atoms in total. The van der Waals surface area contributed by atoms with Crippen LogP contribution in [0.1, 0.15) is 20.8 Å². The molecule has 0 saturated carbocycles. The minimum absolute atomic E-state index is 0.0148. The van der Waals surface area contributed by atoms with Gasteiger partial charge in [-0.3, -0.25) is 4.79 Å². The van der Waals surface area contributed by atoms with Crippen molar-refractivity contribution in [2.75, 3.05) is 20.1 Å². The SMILES string of the molecule is CNCC(C)C(=O)NCC(O)C(C)C. The van der Waals surface area contributed by atoms with Crippen molar-refractivity contribution in [3.63, 3.8) is 0 Å². The molecule has 0 bridgehead atoms. The molecular weight excluding hydrogens is 180 g/mol. The average molecular weight is 202 g/mol. The summed E-state index contributed by atoms with van der Waals surface area (Å²) in [7, 11) is 1.81. The van der Waals surface area contributed by atoms with Crippen molar-refractivity contribution < 1.29 is 9.90 Å². The summed E-state index contributed by atoms with van der Waals surface area (Å²) in [6.45, 7) is 6.70. The minimum atomic E-state index is -0.458. The summed E-state index contributed by atoms with van der Waals surface area (Å²) in [6, 6.07) is 0. The smallest absolute Gasteiger partial charge is 0.224 e. The van der Waals surface area contributed by atoms with Gasteiger partial charge in [0.05, 0.1) is 6.10 Å². The largest absolute Gasteiger partial charge is 0.391 e. The summed E-state index contributed by atoms with van der Waals surface area (Å²) in [5.74, 6) is 0.105. The van der Waals surface area contributed by atoms with E-state index in [0.717, 1.165) is 0 Å². The second kappa shape index (κ2) is 6.79. The Bertz CT molecular complexity index is 172. The van der Waals surface area contributed by atoms with Crippen LogP contribution in [-0.4, -0.2) is 37.3 Å². The molecule has 0 aliphatic rings. The van der Waals surface area contributed by atoms with Crippen LogP contribution in [0.25, 0.3) is 0 Å². The molecule has 0 rings (SSSR count). The van der Waals surface area contributed by atoms with Gasteiger partial charge in [0, 0.05) is 19.0 Å². The molecule has 84 valence electrons. The van der Waals surface area contributed by atoms with Crippen LogP contribution >= 0.6 is 0 Å². The van der Waals surface area contributed by atoms with E-state index in [1.807, 2.05) is 27.8 Å². The number of hydrogen-bond donors (Lipinski definition) is 3. The monoisotopic (exact) mass is 202 g/mol. The Kier molecular flexibility index (Phi) is 6.49. The summed E-state index contributed by atoms with van der Waals surface area (Å²) >= 11 is 0. The topological polar surface area (TPSA) is 61.4 Å². The maximum atomic E-state index is 11.4. The van der Waals surface area contributed by atoms with Crippen LogP contribution in [0.3, 0.4) is 0 Å². The van der Waals surface area contributed by atoms with Crippen LogP contribution in [0, 0.1) is 11.8 Å². The lowest BCUT2D eigenvalue weighted by atomic mass is 10.1. The summed E-state index contributed by atoms with van der Waals surface area (Å²) < 4.78 is 0. The van der Waals surface area contributed by atoms with Crippen LogP contribution in [-0.2, 0) is 4.79 Å². The maximum Gasteiger partial charge on any atom is 0.224 e. The number of hydrogen-bond acceptors (Lipinski definition) is 3. The van der Waals surface area contributed by atoms with Crippen LogP contribution in [0.2, 0.25) is 0 Å². The van der Waals surface area contributed by atoms with Crippen molar-refractivity contribution >= 4 is 5.91 Å². The zero-order chi connectivity index (χ0) is 11.1. The molecule has 0 fully saturated rings. The van der Waals surface area contributed by atoms with Gasteiger partial charge in [0.25, 0.3) is 0 Å². The quantitative estimate of drug-likeness (QED) is 0.567. The molecule has 0 aromatic rings. The molecule has 2 unspecified atom stereocenters. The number of nitrogens with one attached hydrogen (secondary N) is 2. The van der Waals surface area contributed by atoms with Gasteiger partial charge < -0.3 is 15.7 Å². The van der Waals surface area contributed by atoms with E-state index in [9.17, 15) is 9.90 Å². The van der Waals surface area contributed by atoms with E-state index in [0.29, 0.717) is 13.1 Å². The molecule has 0 saturated heterocycles. The first-order chi connectivity index (χ1) is 6.49. The molecule has 0 aromatic heterocycles. The Hall–Kier alpha value is -0.610. The third-order valence-electron chi connectivity index (χ3n) is 2.21. The van der Waals surface area contributed by atoms with E-state index in [2.05, 4.69) is 10.6 Å². The van der Waals surface area contributed by atoms with Gasteiger partial charge in [-0.1, -0.05) is 20.8 Å². The fraction of sp³-hybridized carbons (Fsp3) is 0.900. The van der Waals surface area contributed by atoms with E-state index in [1.54, 1.807) is 0 Å². The van der Waals surface area contributed by atoms with Crippen molar-refractivity contribution in [3.8, 4) is 0 Å². The molecule has 0 heterocycles. The number of aliphatic hydroxyl groups excluding tert-OH is 1. The predicted molar refractivity (Wildman–Crippen MR) is 56.9 cm³/mol. The first-order valence-electron chi connectivity index (χ1n) is 5.09. The highest BCUT2D eigenvalue weighted by Crippen LogP contribution is 1.99.